The summed E-state index contributed by atoms with van der Waals surface area (Å²) in [7, 11) is 0. The molecule has 15 heavy (non-hydrogen) atoms. The Morgan fingerprint density at radius 2 is 2.40 bits per heavy atom. The van der Waals surface area contributed by atoms with Crippen LogP contribution in [-0.2, 0) is 11.2 Å². The predicted octanol–water partition coefficient (Wildman–Crippen LogP) is 1.92. The Bertz CT molecular complexity index is 305. The number of morpholine rings is 1. The van der Waals surface area contributed by atoms with E-state index >= 15 is 0 Å². The van der Waals surface area contributed by atoms with E-state index in [-0.39, 0.29) is 0 Å². The molecule has 0 radical (unpaired) electrons. The Balaban J connectivity index is 1.81. The van der Waals surface area contributed by atoms with Crippen LogP contribution in [0.3, 0.4) is 0 Å². The van der Waals surface area contributed by atoms with Crippen molar-refractivity contribution in [2.45, 2.75) is 25.8 Å². The number of rotatable bonds is 3. The van der Waals surface area contributed by atoms with Gasteiger partial charge in [-0.15, -0.1) is 0 Å². The molecule has 1 aromatic rings. The molecule has 1 atom stereocenters. The second-order valence-electron chi connectivity index (χ2n) is 4.25. The van der Waals surface area contributed by atoms with Gasteiger partial charge in [0.2, 0.25) is 0 Å². The molecule has 0 saturated carbocycles. The van der Waals surface area contributed by atoms with Gasteiger partial charge in [-0.1, -0.05) is 29.8 Å². The molecular formula is C13H19NO. The van der Waals surface area contributed by atoms with Gasteiger partial charge in [0, 0.05) is 12.6 Å². The summed E-state index contributed by atoms with van der Waals surface area (Å²) in [6, 6.07) is 9.29. The summed E-state index contributed by atoms with van der Waals surface area (Å²) in [6.07, 6.45) is 2.31. The Morgan fingerprint density at radius 3 is 3.13 bits per heavy atom. The summed E-state index contributed by atoms with van der Waals surface area (Å²) in [6.45, 7) is 4.87. The van der Waals surface area contributed by atoms with Gasteiger partial charge >= 0.3 is 0 Å². The first-order chi connectivity index (χ1) is 7.34. The molecule has 1 aliphatic rings. The quantitative estimate of drug-likeness (QED) is 0.814. The summed E-state index contributed by atoms with van der Waals surface area (Å²) in [5, 5.41) is 3.48. The van der Waals surface area contributed by atoms with Gasteiger partial charge in [-0.3, -0.25) is 0 Å². The Labute approximate surface area is 91.6 Å². The van der Waals surface area contributed by atoms with Crippen LogP contribution in [0.4, 0.5) is 0 Å². The highest BCUT2D eigenvalue weighted by Crippen LogP contribution is 2.09. The van der Waals surface area contributed by atoms with Crippen molar-refractivity contribution in [1.82, 2.24) is 5.32 Å². The van der Waals surface area contributed by atoms with E-state index in [1.165, 1.54) is 17.5 Å². The molecule has 0 amide bonds. The number of aryl methyl sites for hydroxylation is 2. The van der Waals surface area contributed by atoms with Crippen LogP contribution < -0.4 is 5.32 Å². The van der Waals surface area contributed by atoms with Crippen molar-refractivity contribution in [3.05, 3.63) is 35.4 Å². The predicted molar refractivity (Wildman–Crippen MR) is 62.1 cm³/mol. The van der Waals surface area contributed by atoms with E-state index in [1.54, 1.807) is 0 Å². The molecule has 1 N–H and O–H groups in total. The summed E-state index contributed by atoms with van der Waals surface area (Å²) >= 11 is 0. The fourth-order valence-electron chi connectivity index (χ4n) is 2.01. The van der Waals surface area contributed by atoms with Gasteiger partial charge < -0.3 is 10.1 Å². The lowest BCUT2D eigenvalue weighted by Crippen LogP contribution is -2.41. The molecule has 1 aliphatic heterocycles. The van der Waals surface area contributed by atoms with Crippen molar-refractivity contribution in [2.24, 2.45) is 0 Å². The molecule has 0 aliphatic carbocycles. The maximum absolute atomic E-state index is 5.43. The van der Waals surface area contributed by atoms with Gasteiger partial charge in [0.15, 0.2) is 0 Å². The molecule has 1 heterocycles. The summed E-state index contributed by atoms with van der Waals surface area (Å²) in [5.74, 6) is 0. The third kappa shape index (κ3) is 3.33. The van der Waals surface area contributed by atoms with Gasteiger partial charge in [0.25, 0.3) is 0 Å². The van der Waals surface area contributed by atoms with Gasteiger partial charge in [-0.25, -0.2) is 0 Å². The zero-order valence-electron chi connectivity index (χ0n) is 9.33. The standard InChI is InChI=1S/C13H19NO/c1-11-3-2-4-12(9-11)5-6-13-10-15-8-7-14-13/h2-4,9,13-14H,5-8,10H2,1H3. The van der Waals surface area contributed by atoms with Gasteiger partial charge in [-0.2, -0.15) is 0 Å². The van der Waals surface area contributed by atoms with Crippen molar-refractivity contribution < 1.29 is 4.74 Å². The van der Waals surface area contributed by atoms with Crippen molar-refractivity contribution in [3.8, 4) is 0 Å². The minimum atomic E-state index is 0.541. The minimum absolute atomic E-state index is 0.541. The van der Waals surface area contributed by atoms with Crippen LogP contribution in [0.25, 0.3) is 0 Å². The maximum Gasteiger partial charge on any atom is 0.0620 e. The van der Waals surface area contributed by atoms with Crippen molar-refractivity contribution >= 4 is 0 Å². The van der Waals surface area contributed by atoms with Crippen LogP contribution in [0.2, 0.25) is 0 Å². The Hall–Kier alpha value is -0.860. The van der Waals surface area contributed by atoms with E-state index in [9.17, 15) is 0 Å². The molecule has 2 heteroatoms. The van der Waals surface area contributed by atoms with Crippen molar-refractivity contribution in [3.63, 3.8) is 0 Å². The fourth-order valence-corrected chi connectivity index (χ4v) is 2.01. The molecule has 1 fully saturated rings. The van der Waals surface area contributed by atoms with Gasteiger partial charge in [0.1, 0.15) is 0 Å². The molecular weight excluding hydrogens is 186 g/mol. The minimum Gasteiger partial charge on any atom is -0.379 e. The molecule has 0 bridgehead atoms. The van der Waals surface area contributed by atoms with Crippen LogP contribution in [0.1, 0.15) is 17.5 Å². The molecule has 1 aromatic carbocycles. The van der Waals surface area contributed by atoms with Gasteiger partial charge in [-0.05, 0) is 25.3 Å². The van der Waals surface area contributed by atoms with Crippen molar-refractivity contribution in [1.29, 1.82) is 0 Å². The van der Waals surface area contributed by atoms with E-state index in [4.69, 9.17) is 4.74 Å². The smallest absolute Gasteiger partial charge is 0.0620 e. The normalized spacial score (nSPS) is 21.5. The highest BCUT2D eigenvalue weighted by molar-refractivity contribution is 5.22. The first kappa shape index (κ1) is 10.7. The summed E-state index contributed by atoms with van der Waals surface area (Å²) < 4.78 is 5.43. The monoisotopic (exact) mass is 205 g/mol. The van der Waals surface area contributed by atoms with E-state index in [1.807, 2.05) is 0 Å². The highest BCUT2D eigenvalue weighted by Gasteiger charge is 2.12. The van der Waals surface area contributed by atoms with Gasteiger partial charge in [0.05, 0.1) is 13.2 Å². The fraction of sp³-hybridized carbons (Fsp3) is 0.538. The Morgan fingerprint density at radius 1 is 1.47 bits per heavy atom. The number of benzene rings is 1. The van der Waals surface area contributed by atoms with Crippen LogP contribution in [0.15, 0.2) is 24.3 Å². The summed E-state index contributed by atoms with van der Waals surface area (Å²) in [4.78, 5) is 0. The number of nitrogens with one attached hydrogen (secondary N) is 1. The first-order valence-corrected chi connectivity index (χ1v) is 5.71. The lowest BCUT2D eigenvalue weighted by molar-refractivity contribution is 0.0743. The SMILES string of the molecule is Cc1cccc(CCC2COCCN2)c1. The molecule has 2 nitrogen and oxygen atoms in total. The number of hydrogen-bond acceptors (Lipinski definition) is 2. The molecule has 1 unspecified atom stereocenters. The van der Waals surface area contributed by atoms with Crippen LogP contribution in [0.5, 0.6) is 0 Å². The molecule has 82 valence electrons. The van der Waals surface area contributed by atoms with Crippen LogP contribution in [-0.4, -0.2) is 25.8 Å². The summed E-state index contributed by atoms with van der Waals surface area (Å²) in [5.41, 5.74) is 2.78. The van der Waals surface area contributed by atoms with E-state index in [0.717, 1.165) is 26.2 Å². The van der Waals surface area contributed by atoms with E-state index < -0.39 is 0 Å². The molecule has 0 spiro atoms. The average molecular weight is 205 g/mol. The largest absolute Gasteiger partial charge is 0.379 e. The lowest BCUT2D eigenvalue weighted by Gasteiger charge is -2.23. The van der Waals surface area contributed by atoms with E-state index in [2.05, 4.69) is 36.5 Å². The zero-order chi connectivity index (χ0) is 10.5. The van der Waals surface area contributed by atoms with Crippen LogP contribution >= 0.6 is 0 Å². The second kappa shape index (κ2) is 5.29. The van der Waals surface area contributed by atoms with E-state index in [0.29, 0.717) is 6.04 Å². The molecule has 2 rings (SSSR count). The third-order valence-corrected chi connectivity index (χ3v) is 2.86. The lowest BCUT2D eigenvalue weighted by atomic mass is 10.0. The zero-order valence-corrected chi connectivity index (χ0v) is 9.33. The first-order valence-electron chi connectivity index (χ1n) is 5.71. The van der Waals surface area contributed by atoms with Crippen molar-refractivity contribution in [2.75, 3.05) is 19.8 Å². The number of hydrogen-bond donors (Lipinski definition) is 1. The second-order valence-corrected chi connectivity index (χ2v) is 4.25. The topological polar surface area (TPSA) is 21.3 Å². The van der Waals surface area contributed by atoms with Crippen LogP contribution in [0, 0.1) is 6.92 Å². The molecule has 0 aromatic heterocycles. The molecule has 1 saturated heterocycles. The number of ether oxygens (including phenoxy) is 1. The highest BCUT2D eigenvalue weighted by atomic mass is 16.5. The average Bonchev–Trinajstić information content (AvgIpc) is 2.28. The third-order valence-electron chi connectivity index (χ3n) is 2.86. The Kier molecular flexibility index (Phi) is 3.75. The maximum atomic E-state index is 5.43.